The lowest BCUT2D eigenvalue weighted by molar-refractivity contribution is 0.640. The number of fused-ring (bicyclic) bond motifs is 19. The Morgan fingerprint density at radius 1 is 0.333 bits per heavy atom. The standard InChI is InChI=1S/C71H44N4/c1-71(2)65-52-21-9-7-15-42(52)28-34-57(65)64-68(71)72-69(43-16-4-3-5-17-43)73-70(64)75-62-35-31-47(45-19-12-18-44(36-45)46-29-32-51-48(37-46)27-26-41-14-6-8-20-50(41)51)38-59(62)56-33-30-49-39-60-55-24-13-23-54-53-22-10-11-25-61(53)74(66(54)55)63(60)40-58(49)67(56)75/h3-40H,1-2H3. The number of para-hydroxylation sites is 2. The highest BCUT2D eigenvalue weighted by molar-refractivity contribution is 6.27. The molecule has 16 aromatic rings. The molecule has 0 unspecified atom stereocenters. The lowest BCUT2D eigenvalue weighted by Gasteiger charge is -2.23. The smallest absolute Gasteiger partial charge is 0.161 e. The SMILES string of the molecule is CC1(C)c2nc(-c3ccccc3)nc(-n3c4ccc(-c5cccc(-c6ccc7c(ccc8ccccc87)c6)c5)cc4c4ccc5cc6c7cccc8c9ccccc9n(c6cc5c43)c87)c2-c2ccc3ccccc3c21. The highest BCUT2D eigenvalue weighted by atomic mass is 15.1. The molecule has 12 aromatic carbocycles. The maximum absolute atomic E-state index is 5.79. The van der Waals surface area contributed by atoms with Crippen molar-refractivity contribution in [2.45, 2.75) is 19.3 Å². The van der Waals surface area contributed by atoms with E-state index in [0.717, 1.165) is 45.1 Å². The summed E-state index contributed by atoms with van der Waals surface area (Å²) in [4.78, 5) is 11.4. The molecule has 4 aromatic heterocycles. The third kappa shape index (κ3) is 5.55. The Labute approximate surface area is 431 Å². The third-order valence-corrected chi connectivity index (χ3v) is 16.9. The largest absolute Gasteiger partial charge is 0.308 e. The zero-order valence-corrected chi connectivity index (χ0v) is 41.2. The van der Waals surface area contributed by atoms with Crippen LogP contribution in [0.5, 0.6) is 0 Å². The van der Waals surface area contributed by atoms with Crippen LogP contribution in [0.2, 0.25) is 0 Å². The van der Waals surface area contributed by atoms with E-state index in [-0.39, 0.29) is 0 Å². The quantitative estimate of drug-likeness (QED) is 0.165. The first kappa shape index (κ1) is 40.9. The van der Waals surface area contributed by atoms with Crippen LogP contribution in [-0.4, -0.2) is 18.9 Å². The Morgan fingerprint density at radius 3 is 1.76 bits per heavy atom. The number of hydrogen-bond acceptors (Lipinski definition) is 2. The number of benzene rings is 12. The van der Waals surface area contributed by atoms with E-state index >= 15 is 0 Å². The fourth-order valence-corrected chi connectivity index (χ4v) is 13.5. The van der Waals surface area contributed by atoms with E-state index in [9.17, 15) is 0 Å². The minimum Gasteiger partial charge on any atom is -0.308 e. The fourth-order valence-electron chi connectivity index (χ4n) is 13.5. The van der Waals surface area contributed by atoms with Gasteiger partial charge in [-0.2, -0.15) is 0 Å². The molecule has 0 amide bonds. The van der Waals surface area contributed by atoms with Crippen LogP contribution in [0.1, 0.15) is 25.1 Å². The van der Waals surface area contributed by atoms with Crippen LogP contribution >= 0.6 is 0 Å². The van der Waals surface area contributed by atoms with Crippen LogP contribution in [0.4, 0.5) is 0 Å². The van der Waals surface area contributed by atoms with Gasteiger partial charge < -0.3 is 4.40 Å². The zero-order valence-electron chi connectivity index (χ0n) is 41.2. The average Bonchev–Trinajstić information content (AvgIpc) is 4.32. The summed E-state index contributed by atoms with van der Waals surface area (Å²) in [5.74, 6) is 1.61. The zero-order chi connectivity index (χ0) is 49.3. The van der Waals surface area contributed by atoms with E-state index in [1.165, 1.54) is 120 Å². The van der Waals surface area contributed by atoms with Crippen LogP contribution in [0.3, 0.4) is 0 Å². The molecule has 4 nitrogen and oxygen atoms in total. The molecule has 0 saturated heterocycles. The van der Waals surface area contributed by atoms with Crippen molar-refractivity contribution in [1.82, 2.24) is 18.9 Å². The highest BCUT2D eigenvalue weighted by Crippen LogP contribution is 2.54. The molecule has 1 aliphatic rings. The molecule has 0 fully saturated rings. The maximum Gasteiger partial charge on any atom is 0.161 e. The van der Waals surface area contributed by atoms with E-state index in [0.29, 0.717) is 0 Å². The minimum atomic E-state index is -0.419. The second kappa shape index (κ2) is 14.7. The monoisotopic (exact) mass is 952 g/mol. The summed E-state index contributed by atoms with van der Waals surface area (Å²) in [5, 5.41) is 17.4. The van der Waals surface area contributed by atoms with Gasteiger partial charge in [0.05, 0.1) is 33.3 Å². The maximum atomic E-state index is 5.79. The van der Waals surface area contributed by atoms with Crippen LogP contribution < -0.4 is 0 Å². The molecule has 0 saturated carbocycles. The molecule has 348 valence electrons. The predicted molar refractivity (Wildman–Crippen MR) is 315 cm³/mol. The van der Waals surface area contributed by atoms with Gasteiger partial charge in [0, 0.05) is 54.2 Å². The van der Waals surface area contributed by atoms with Gasteiger partial charge in [-0.25, -0.2) is 9.97 Å². The summed E-state index contributed by atoms with van der Waals surface area (Å²) in [5.41, 5.74) is 15.8. The summed E-state index contributed by atoms with van der Waals surface area (Å²) in [6, 6.07) is 85.3. The van der Waals surface area contributed by atoms with E-state index in [1.807, 2.05) is 0 Å². The highest BCUT2D eigenvalue weighted by Gasteiger charge is 2.42. The van der Waals surface area contributed by atoms with Crippen molar-refractivity contribution in [2.75, 3.05) is 0 Å². The van der Waals surface area contributed by atoms with Crippen molar-refractivity contribution >= 4 is 103 Å². The van der Waals surface area contributed by atoms with E-state index in [4.69, 9.17) is 9.97 Å². The normalized spacial score (nSPS) is 13.3. The van der Waals surface area contributed by atoms with Gasteiger partial charge >= 0.3 is 0 Å². The van der Waals surface area contributed by atoms with Gasteiger partial charge in [0.2, 0.25) is 0 Å². The number of hydrogen-bond donors (Lipinski definition) is 0. The molecular weight excluding hydrogens is 909 g/mol. The van der Waals surface area contributed by atoms with Crippen molar-refractivity contribution < 1.29 is 0 Å². The lowest BCUT2D eigenvalue weighted by Crippen LogP contribution is -2.18. The lowest BCUT2D eigenvalue weighted by atomic mass is 9.82. The van der Waals surface area contributed by atoms with Gasteiger partial charge in [0.15, 0.2) is 5.82 Å². The molecule has 0 atom stereocenters. The fraction of sp³-hybridized carbons (Fsp3) is 0.0423. The Hall–Kier alpha value is -9.64. The van der Waals surface area contributed by atoms with Gasteiger partial charge in [-0.15, -0.1) is 0 Å². The summed E-state index contributed by atoms with van der Waals surface area (Å²) in [7, 11) is 0. The molecule has 4 heterocycles. The molecular formula is C71H44N4. The summed E-state index contributed by atoms with van der Waals surface area (Å²) < 4.78 is 5.00. The molecule has 1 aliphatic carbocycles. The Kier molecular flexibility index (Phi) is 8.04. The van der Waals surface area contributed by atoms with Crippen molar-refractivity contribution in [3.05, 3.63) is 242 Å². The Balaban J connectivity index is 0.967. The first-order chi connectivity index (χ1) is 36.9. The Bertz CT molecular complexity index is 5150. The van der Waals surface area contributed by atoms with Gasteiger partial charge in [-0.1, -0.05) is 202 Å². The third-order valence-electron chi connectivity index (χ3n) is 16.9. The predicted octanol–water partition coefficient (Wildman–Crippen LogP) is 18.6. The minimum absolute atomic E-state index is 0.419. The summed E-state index contributed by atoms with van der Waals surface area (Å²) >= 11 is 0. The van der Waals surface area contributed by atoms with E-state index in [2.05, 4.69) is 253 Å². The molecule has 0 N–H and O–H groups in total. The van der Waals surface area contributed by atoms with Crippen molar-refractivity contribution in [3.63, 3.8) is 0 Å². The van der Waals surface area contributed by atoms with Crippen molar-refractivity contribution in [1.29, 1.82) is 0 Å². The topological polar surface area (TPSA) is 35.1 Å². The van der Waals surface area contributed by atoms with Crippen LogP contribution in [-0.2, 0) is 5.41 Å². The summed E-state index contributed by atoms with van der Waals surface area (Å²) in [6.07, 6.45) is 0. The molecule has 17 rings (SSSR count). The van der Waals surface area contributed by atoms with E-state index < -0.39 is 5.41 Å². The van der Waals surface area contributed by atoms with Gasteiger partial charge in [-0.05, 0) is 114 Å². The van der Waals surface area contributed by atoms with Gasteiger partial charge in [0.25, 0.3) is 0 Å². The number of rotatable bonds is 4. The molecule has 75 heavy (non-hydrogen) atoms. The first-order valence-electron chi connectivity index (χ1n) is 26.1. The van der Waals surface area contributed by atoms with Crippen LogP contribution in [0.25, 0.3) is 154 Å². The van der Waals surface area contributed by atoms with Crippen LogP contribution in [0.15, 0.2) is 231 Å². The Morgan fingerprint density at radius 2 is 0.907 bits per heavy atom. The van der Waals surface area contributed by atoms with E-state index in [1.54, 1.807) is 0 Å². The molecule has 0 radical (unpaired) electrons. The average molecular weight is 953 g/mol. The number of aromatic nitrogens is 4. The first-order valence-corrected chi connectivity index (χ1v) is 26.1. The summed E-state index contributed by atoms with van der Waals surface area (Å²) in [6.45, 7) is 4.70. The molecule has 4 heteroatoms. The van der Waals surface area contributed by atoms with Crippen molar-refractivity contribution in [3.8, 4) is 50.6 Å². The van der Waals surface area contributed by atoms with Crippen molar-refractivity contribution in [2.24, 2.45) is 0 Å². The second-order valence-electron chi connectivity index (χ2n) is 21.3. The van der Waals surface area contributed by atoms with Gasteiger partial charge in [-0.3, -0.25) is 4.57 Å². The number of nitrogens with zero attached hydrogens (tertiary/aromatic N) is 4. The molecule has 0 bridgehead atoms. The molecule has 0 aliphatic heterocycles. The molecule has 0 spiro atoms. The van der Waals surface area contributed by atoms with Crippen LogP contribution in [0, 0.1) is 0 Å². The second-order valence-corrected chi connectivity index (χ2v) is 21.3. The van der Waals surface area contributed by atoms with Gasteiger partial charge in [0.1, 0.15) is 5.82 Å².